The van der Waals surface area contributed by atoms with E-state index in [4.69, 9.17) is 4.74 Å². The maximum absolute atomic E-state index is 12.8. The quantitative estimate of drug-likeness (QED) is 0.461. The van der Waals surface area contributed by atoms with Crippen molar-refractivity contribution in [1.82, 2.24) is 24.4 Å². The fraction of sp³-hybridized carbons (Fsp3) is 0.250. The van der Waals surface area contributed by atoms with Gasteiger partial charge in [0.25, 0.3) is 5.91 Å². The number of hydrogen-bond donors (Lipinski definition) is 0. The van der Waals surface area contributed by atoms with Gasteiger partial charge in [-0.25, -0.2) is 9.97 Å². The molecule has 0 aliphatic heterocycles. The molecule has 158 valence electrons. The summed E-state index contributed by atoms with van der Waals surface area (Å²) in [5.74, 6) is 0.728. The number of carbonyl (C=O) groups is 1. The van der Waals surface area contributed by atoms with E-state index < -0.39 is 0 Å². The fourth-order valence-corrected chi connectivity index (χ4v) is 3.42. The van der Waals surface area contributed by atoms with Gasteiger partial charge < -0.3 is 14.2 Å². The zero-order valence-corrected chi connectivity index (χ0v) is 17.9. The molecule has 0 unspecified atom stereocenters. The predicted octanol–water partition coefficient (Wildman–Crippen LogP) is 3.64. The SMILES string of the molecule is Cc1ccc(OCCN(C)C(=O)c2cnc3c(c2)ncn3Cc2ccccn2)c(C)c1. The highest BCUT2D eigenvalue weighted by Gasteiger charge is 2.15. The van der Waals surface area contributed by atoms with Gasteiger partial charge >= 0.3 is 0 Å². The molecular weight excluding hydrogens is 390 g/mol. The van der Waals surface area contributed by atoms with Crippen molar-refractivity contribution >= 4 is 17.1 Å². The molecule has 0 bridgehead atoms. The second-order valence-electron chi connectivity index (χ2n) is 7.60. The Morgan fingerprint density at radius 2 is 1.97 bits per heavy atom. The number of fused-ring (bicyclic) bond motifs is 1. The number of aryl methyl sites for hydroxylation is 2. The number of amides is 1. The molecule has 0 atom stereocenters. The van der Waals surface area contributed by atoms with Gasteiger partial charge in [0.2, 0.25) is 0 Å². The highest BCUT2D eigenvalue weighted by atomic mass is 16.5. The van der Waals surface area contributed by atoms with Gasteiger partial charge in [0, 0.05) is 19.4 Å². The third-order valence-electron chi connectivity index (χ3n) is 5.12. The van der Waals surface area contributed by atoms with Crippen molar-refractivity contribution in [3.8, 4) is 5.75 Å². The van der Waals surface area contributed by atoms with Gasteiger partial charge in [0.05, 0.1) is 30.7 Å². The highest BCUT2D eigenvalue weighted by molar-refractivity contribution is 5.96. The molecule has 1 aromatic carbocycles. The number of likely N-dealkylation sites (N-methyl/N-ethyl adjacent to an activating group) is 1. The van der Waals surface area contributed by atoms with E-state index in [0.29, 0.717) is 30.8 Å². The molecule has 4 aromatic rings. The van der Waals surface area contributed by atoms with E-state index in [0.717, 1.165) is 22.7 Å². The number of pyridine rings is 2. The molecule has 3 aromatic heterocycles. The van der Waals surface area contributed by atoms with Gasteiger partial charge in [-0.3, -0.25) is 9.78 Å². The van der Waals surface area contributed by atoms with E-state index in [1.54, 1.807) is 36.7 Å². The number of aromatic nitrogens is 4. The summed E-state index contributed by atoms with van der Waals surface area (Å²) in [6, 6.07) is 13.6. The number of carbonyl (C=O) groups excluding carboxylic acids is 1. The summed E-state index contributed by atoms with van der Waals surface area (Å²) in [5, 5.41) is 0. The Hall–Kier alpha value is -3.74. The number of hydrogen-bond acceptors (Lipinski definition) is 5. The molecule has 7 nitrogen and oxygen atoms in total. The van der Waals surface area contributed by atoms with Crippen molar-refractivity contribution in [2.75, 3.05) is 20.2 Å². The molecule has 0 N–H and O–H groups in total. The normalized spacial score (nSPS) is 10.9. The number of nitrogens with zero attached hydrogens (tertiary/aromatic N) is 5. The smallest absolute Gasteiger partial charge is 0.255 e. The van der Waals surface area contributed by atoms with Crippen molar-refractivity contribution in [2.45, 2.75) is 20.4 Å². The Balaban J connectivity index is 1.40. The highest BCUT2D eigenvalue weighted by Crippen LogP contribution is 2.19. The van der Waals surface area contributed by atoms with Gasteiger partial charge in [0.1, 0.15) is 17.9 Å². The Morgan fingerprint density at radius 3 is 2.74 bits per heavy atom. The summed E-state index contributed by atoms with van der Waals surface area (Å²) >= 11 is 0. The summed E-state index contributed by atoms with van der Waals surface area (Å²) in [6.07, 6.45) is 5.09. The summed E-state index contributed by atoms with van der Waals surface area (Å²) in [6.45, 7) is 5.53. The van der Waals surface area contributed by atoms with Crippen LogP contribution in [-0.4, -0.2) is 50.5 Å². The van der Waals surface area contributed by atoms with Crippen LogP contribution in [0.1, 0.15) is 27.2 Å². The van der Waals surface area contributed by atoms with Crippen molar-refractivity contribution in [1.29, 1.82) is 0 Å². The molecule has 4 rings (SSSR count). The molecule has 7 heteroatoms. The lowest BCUT2D eigenvalue weighted by molar-refractivity contribution is 0.0773. The largest absolute Gasteiger partial charge is 0.491 e. The van der Waals surface area contributed by atoms with Crippen LogP contribution in [-0.2, 0) is 6.54 Å². The van der Waals surface area contributed by atoms with E-state index in [-0.39, 0.29) is 5.91 Å². The zero-order valence-electron chi connectivity index (χ0n) is 17.9. The van der Waals surface area contributed by atoms with Gasteiger partial charge in [-0.2, -0.15) is 0 Å². The first-order chi connectivity index (χ1) is 15.0. The minimum atomic E-state index is -0.113. The topological polar surface area (TPSA) is 73.1 Å². The minimum Gasteiger partial charge on any atom is -0.491 e. The van der Waals surface area contributed by atoms with E-state index in [1.165, 1.54) is 5.56 Å². The molecule has 31 heavy (non-hydrogen) atoms. The van der Waals surface area contributed by atoms with E-state index in [2.05, 4.69) is 27.9 Å². The molecular formula is C24H25N5O2. The van der Waals surface area contributed by atoms with E-state index >= 15 is 0 Å². The van der Waals surface area contributed by atoms with Crippen LogP contribution in [0.4, 0.5) is 0 Å². The first-order valence-corrected chi connectivity index (χ1v) is 10.2. The maximum Gasteiger partial charge on any atom is 0.255 e. The second kappa shape index (κ2) is 8.95. The summed E-state index contributed by atoms with van der Waals surface area (Å²) in [5.41, 5.74) is 5.12. The van der Waals surface area contributed by atoms with Crippen LogP contribution < -0.4 is 4.74 Å². The molecule has 1 amide bonds. The first kappa shape index (κ1) is 20.5. The van der Waals surface area contributed by atoms with Gasteiger partial charge in [-0.15, -0.1) is 0 Å². The standard InChI is InChI=1S/C24H25N5O2/c1-17-7-8-22(18(2)12-17)31-11-10-28(3)24(30)19-13-21-23(26-14-19)29(16-27-21)15-20-6-4-5-9-25-20/h4-9,12-14,16H,10-11,15H2,1-3H3. The third kappa shape index (κ3) is 4.71. The van der Waals surface area contributed by atoms with Crippen molar-refractivity contribution in [3.63, 3.8) is 0 Å². The Bertz CT molecular complexity index is 1200. The average Bonchev–Trinajstić information content (AvgIpc) is 3.17. The Morgan fingerprint density at radius 1 is 1.10 bits per heavy atom. The predicted molar refractivity (Wildman–Crippen MR) is 119 cm³/mol. The van der Waals surface area contributed by atoms with Crippen molar-refractivity contribution in [2.24, 2.45) is 0 Å². The monoisotopic (exact) mass is 415 g/mol. The van der Waals surface area contributed by atoms with Crippen LogP contribution in [0.5, 0.6) is 5.75 Å². The van der Waals surface area contributed by atoms with E-state index in [9.17, 15) is 4.79 Å². The zero-order chi connectivity index (χ0) is 21.8. The average molecular weight is 415 g/mol. The lowest BCUT2D eigenvalue weighted by atomic mass is 10.1. The maximum atomic E-state index is 12.8. The Kier molecular flexibility index (Phi) is 5.93. The van der Waals surface area contributed by atoms with Crippen molar-refractivity contribution < 1.29 is 9.53 Å². The van der Waals surface area contributed by atoms with Crippen LogP contribution in [0, 0.1) is 13.8 Å². The molecule has 0 aliphatic rings. The second-order valence-corrected chi connectivity index (χ2v) is 7.60. The van der Waals surface area contributed by atoms with Gasteiger partial charge in [-0.1, -0.05) is 23.8 Å². The Labute approximate surface area is 181 Å². The molecule has 0 aliphatic carbocycles. The molecule has 0 fully saturated rings. The van der Waals surface area contributed by atoms with Crippen LogP contribution in [0.15, 0.2) is 61.2 Å². The molecule has 0 saturated heterocycles. The fourth-order valence-electron chi connectivity index (χ4n) is 3.42. The van der Waals surface area contributed by atoms with Crippen molar-refractivity contribution in [3.05, 3.63) is 83.6 Å². The molecule has 0 radical (unpaired) electrons. The van der Waals surface area contributed by atoms with Gasteiger partial charge in [-0.05, 0) is 43.7 Å². The number of imidazole rings is 1. The lowest BCUT2D eigenvalue weighted by Gasteiger charge is -2.18. The van der Waals surface area contributed by atoms with Gasteiger partial charge in [0.15, 0.2) is 5.65 Å². The van der Waals surface area contributed by atoms with Crippen LogP contribution in [0.2, 0.25) is 0 Å². The molecule has 0 spiro atoms. The lowest BCUT2D eigenvalue weighted by Crippen LogP contribution is -2.31. The molecule has 3 heterocycles. The summed E-state index contributed by atoms with van der Waals surface area (Å²) in [7, 11) is 1.76. The summed E-state index contributed by atoms with van der Waals surface area (Å²) < 4.78 is 7.77. The van der Waals surface area contributed by atoms with Crippen LogP contribution >= 0.6 is 0 Å². The van der Waals surface area contributed by atoms with E-state index in [1.807, 2.05) is 41.8 Å². The number of benzene rings is 1. The summed E-state index contributed by atoms with van der Waals surface area (Å²) in [4.78, 5) is 27.7. The molecule has 0 saturated carbocycles. The number of rotatable bonds is 7. The van der Waals surface area contributed by atoms with Crippen LogP contribution in [0.3, 0.4) is 0 Å². The first-order valence-electron chi connectivity index (χ1n) is 10.2. The number of ether oxygens (including phenoxy) is 1. The third-order valence-corrected chi connectivity index (χ3v) is 5.12. The minimum absolute atomic E-state index is 0.113. The van der Waals surface area contributed by atoms with Crippen LogP contribution in [0.25, 0.3) is 11.2 Å².